The SMILES string of the molecule is O=C(Nc1ccc(F)cc1)N[C@@H](Cc1ccc(Cl)cc1)Cc1noc(CO)n1. The largest absolute Gasteiger partial charge is 0.387 e. The molecule has 0 saturated carbocycles. The topological polar surface area (TPSA) is 100 Å². The highest BCUT2D eigenvalue weighted by Gasteiger charge is 2.18. The summed E-state index contributed by atoms with van der Waals surface area (Å²) in [6.45, 7) is -0.354. The molecule has 0 spiro atoms. The van der Waals surface area contributed by atoms with E-state index in [0.717, 1.165) is 5.56 Å². The second-order valence-corrected chi connectivity index (χ2v) is 6.54. The molecule has 0 aliphatic carbocycles. The van der Waals surface area contributed by atoms with Gasteiger partial charge in [0, 0.05) is 23.2 Å². The summed E-state index contributed by atoms with van der Waals surface area (Å²) < 4.78 is 17.9. The second-order valence-electron chi connectivity index (χ2n) is 6.10. The number of aliphatic hydroxyl groups excluding tert-OH is 1. The summed E-state index contributed by atoms with van der Waals surface area (Å²) in [6, 6.07) is 11.9. The third-order valence-electron chi connectivity index (χ3n) is 3.91. The Morgan fingerprint density at radius 3 is 2.50 bits per heavy atom. The van der Waals surface area contributed by atoms with Crippen LogP contribution in [0.25, 0.3) is 0 Å². The van der Waals surface area contributed by atoms with Crippen LogP contribution in [-0.4, -0.2) is 27.3 Å². The zero-order valence-corrected chi connectivity index (χ0v) is 15.5. The quantitative estimate of drug-likeness (QED) is 0.560. The maximum absolute atomic E-state index is 13.0. The second kappa shape index (κ2) is 9.29. The van der Waals surface area contributed by atoms with Crippen molar-refractivity contribution in [2.24, 2.45) is 0 Å². The molecule has 3 N–H and O–H groups in total. The maximum atomic E-state index is 13.0. The molecule has 0 saturated heterocycles. The van der Waals surface area contributed by atoms with Gasteiger partial charge < -0.3 is 20.3 Å². The Hall–Kier alpha value is -2.97. The first kappa shape index (κ1) is 19.8. The molecule has 146 valence electrons. The van der Waals surface area contributed by atoms with Crippen LogP contribution in [0.4, 0.5) is 14.9 Å². The predicted octanol–water partition coefficient (Wildman–Crippen LogP) is 3.33. The molecule has 0 fully saturated rings. The molecule has 0 bridgehead atoms. The molecule has 28 heavy (non-hydrogen) atoms. The van der Waals surface area contributed by atoms with Crippen molar-refractivity contribution in [3.8, 4) is 0 Å². The van der Waals surface area contributed by atoms with Gasteiger partial charge in [0.1, 0.15) is 12.4 Å². The molecule has 9 heteroatoms. The molecular formula is C19H18ClFN4O3. The van der Waals surface area contributed by atoms with E-state index in [9.17, 15) is 9.18 Å². The average Bonchev–Trinajstić information content (AvgIpc) is 3.13. The van der Waals surface area contributed by atoms with Gasteiger partial charge in [0.2, 0.25) is 0 Å². The fourth-order valence-corrected chi connectivity index (χ4v) is 2.75. The van der Waals surface area contributed by atoms with E-state index in [1.165, 1.54) is 24.3 Å². The number of nitrogens with zero attached hydrogens (tertiary/aromatic N) is 2. The predicted molar refractivity (Wildman–Crippen MR) is 101 cm³/mol. The van der Waals surface area contributed by atoms with Crippen molar-refractivity contribution in [1.82, 2.24) is 15.5 Å². The number of nitrogens with one attached hydrogen (secondary N) is 2. The Bertz CT molecular complexity index is 916. The lowest BCUT2D eigenvalue weighted by atomic mass is 10.0. The number of amides is 2. The third kappa shape index (κ3) is 5.77. The number of rotatable bonds is 7. The number of carbonyl (C=O) groups excluding carboxylic acids is 1. The first-order chi connectivity index (χ1) is 13.5. The first-order valence-corrected chi connectivity index (χ1v) is 8.89. The van der Waals surface area contributed by atoms with E-state index in [4.69, 9.17) is 21.2 Å². The molecule has 3 aromatic rings. The molecule has 1 aromatic heterocycles. The molecule has 2 aromatic carbocycles. The molecule has 1 atom stereocenters. The summed E-state index contributed by atoms with van der Waals surface area (Å²) in [6.07, 6.45) is 0.792. The van der Waals surface area contributed by atoms with Gasteiger partial charge in [0.25, 0.3) is 5.89 Å². The molecule has 0 aliphatic rings. The normalized spacial score (nSPS) is 11.8. The standard InChI is InChI=1S/C19H18ClFN4O3/c20-13-3-1-12(2-4-13)9-16(10-17-24-18(11-26)28-25-17)23-19(27)22-15-7-5-14(21)6-8-15/h1-8,16,26H,9-11H2,(H2,22,23,27)/t16-/m0/s1. The van der Waals surface area contributed by atoms with Gasteiger partial charge in [-0.15, -0.1) is 0 Å². The highest BCUT2D eigenvalue weighted by molar-refractivity contribution is 6.30. The van der Waals surface area contributed by atoms with Crippen LogP contribution in [0.15, 0.2) is 53.1 Å². The number of hydrogen-bond acceptors (Lipinski definition) is 5. The molecule has 0 radical (unpaired) electrons. The molecule has 0 unspecified atom stereocenters. The molecule has 2 amide bonds. The number of halogens is 2. The number of aliphatic hydroxyl groups is 1. The minimum Gasteiger partial charge on any atom is -0.387 e. The van der Waals surface area contributed by atoms with Crippen LogP contribution < -0.4 is 10.6 Å². The van der Waals surface area contributed by atoms with Crippen molar-refractivity contribution >= 4 is 23.3 Å². The minimum atomic E-state index is -0.448. The molecule has 0 aliphatic heterocycles. The van der Waals surface area contributed by atoms with Gasteiger partial charge in [0.15, 0.2) is 5.82 Å². The molecule has 3 rings (SSSR count). The van der Waals surface area contributed by atoms with E-state index in [0.29, 0.717) is 29.4 Å². The Morgan fingerprint density at radius 2 is 1.86 bits per heavy atom. The maximum Gasteiger partial charge on any atom is 0.319 e. The van der Waals surface area contributed by atoms with E-state index >= 15 is 0 Å². The average molecular weight is 405 g/mol. The lowest BCUT2D eigenvalue weighted by molar-refractivity contribution is 0.222. The molecular weight excluding hydrogens is 387 g/mol. The summed E-state index contributed by atoms with van der Waals surface area (Å²) in [5.74, 6) is 0.0875. The van der Waals surface area contributed by atoms with Crippen molar-refractivity contribution in [2.75, 3.05) is 5.32 Å². The van der Waals surface area contributed by atoms with Gasteiger partial charge in [-0.1, -0.05) is 28.9 Å². The van der Waals surface area contributed by atoms with Gasteiger partial charge >= 0.3 is 6.03 Å². The number of benzene rings is 2. The summed E-state index contributed by atoms with van der Waals surface area (Å²) in [7, 11) is 0. The van der Waals surface area contributed by atoms with Crippen LogP contribution in [0, 0.1) is 5.82 Å². The van der Waals surface area contributed by atoms with E-state index < -0.39 is 6.03 Å². The van der Waals surface area contributed by atoms with Gasteiger partial charge in [0.05, 0.1) is 0 Å². The summed E-state index contributed by atoms with van der Waals surface area (Å²) in [4.78, 5) is 16.4. The highest BCUT2D eigenvalue weighted by atomic mass is 35.5. The van der Waals surface area contributed by atoms with Gasteiger partial charge in [-0.05, 0) is 48.4 Å². The van der Waals surface area contributed by atoms with Crippen molar-refractivity contribution in [2.45, 2.75) is 25.5 Å². The Labute approximate surface area is 165 Å². The van der Waals surface area contributed by atoms with Crippen LogP contribution in [0.3, 0.4) is 0 Å². The van der Waals surface area contributed by atoms with Crippen molar-refractivity contribution in [3.63, 3.8) is 0 Å². The summed E-state index contributed by atoms with van der Waals surface area (Å²) in [5.41, 5.74) is 1.42. The summed E-state index contributed by atoms with van der Waals surface area (Å²) >= 11 is 5.92. The third-order valence-corrected chi connectivity index (χ3v) is 4.16. The summed E-state index contributed by atoms with van der Waals surface area (Å²) in [5, 5.41) is 19.0. The van der Waals surface area contributed by atoms with Crippen LogP contribution >= 0.6 is 11.6 Å². The zero-order valence-electron chi connectivity index (χ0n) is 14.7. The first-order valence-electron chi connectivity index (χ1n) is 8.51. The number of urea groups is 1. The van der Waals surface area contributed by atoms with Crippen LogP contribution in [0.1, 0.15) is 17.3 Å². The van der Waals surface area contributed by atoms with E-state index in [1.807, 2.05) is 12.1 Å². The lowest BCUT2D eigenvalue weighted by Crippen LogP contribution is -2.41. The van der Waals surface area contributed by atoms with E-state index in [-0.39, 0.29) is 24.4 Å². The smallest absolute Gasteiger partial charge is 0.319 e. The molecule has 1 heterocycles. The Morgan fingerprint density at radius 1 is 1.14 bits per heavy atom. The zero-order chi connectivity index (χ0) is 19.9. The fraction of sp³-hybridized carbons (Fsp3) is 0.211. The van der Waals surface area contributed by atoms with E-state index in [1.54, 1.807) is 12.1 Å². The van der Waals surface area contributed by atoms with Crippen LogP contribution in [-0.2, 0) is 19.4 Å². The molecule has 7 nitrogen and oxygen atoms in total. The van der Waals surface area contributed by atoms with Gasteiger partial charge in [-0.3, -0.25) is 0 Å². The number of anilines is 1. The van der Waals surface area contributed by atoms with Gasteiger partial charge in [-0.25, -0.2) is 9.18 Å². The monoisotopic (exact) mass is 404 g/mol. The van der Waals surface area contributed by atoms with Crippen LogP contribution in [0.2, 0.25) is 5.02 Å². The number of hydrogen-bond donors (Lipinski definition) is 3. The van der Waals surface area contributed by atoms with E-state index in [2.05, 4.69) is 20.8 Å². The Kier molecular flexibility index (Phi) is 6.57. The van der Waals surface area contributed by atoms with Crippen molar-refractivity contribution < 1.29 is 18.8 Å². The van der Waals surface area contributed by atoms with Crippen molar-refractivity contribution in [3.05, 3.63) is 76.6 Å². The fourth-order valence-electron chi connectivity index (χ4n) is 2.62. The van der Waals surface area contributed by atoms with Gasteiger partial charge in [-0.2, -0.15) is 4.98 Å². The van der Waals surface area contributed by atoms with Crippen molar-refractivity contribution in [1.29, 1.82) is 0 Å². The lowest BCUT2D eigenvalue weighted by Gasteiger charge is -2.18. The minimum absolute atomic E-state index is 0.107. The van der Waals surface area contributed by atoms with Crippen LogP contribution in [0.5, 0.6) is 0 Å². The highest BCUT2D eigenvalue weighted by Crippen LogP contribution is 2.13. The number of carbonyl (C=O) groups is 1. The number of aromatic nitrogens is 2. The Balaban J connectivity index is 1.69.